The Morgan fingerprint density at radius 2 is 1.72 bits per heavy atom. The first-order chi connectivity index (χ1) is 14.0. The van der Waals surface area contributed by atoms with E-state index in [1.165, 1.54) is 6.42 Å². The van der Waals surface area contributed by atoms with Gasteiger partial charge in [0, 0.05) is 17.5 Å². The minimum absolute atomic E-state index is 0.123. The molecule has 5 nitrogen and oxygen atoms in total. The van der Waals surface area contributed by atoms with Crippen molar-refractivity contribution in [3.8, 4) is 0 Å². The number of carbonyl (C=O) groups excluding carboxylic acids is 2. The minimum atomic E-state index is -0.881. The molecular formula is C22H24Cl2N2O3. The van der Waals surface area contributed by atoms with Crippen LogP contribution in [0.1, 0.15) is 60.7 Å². The van der Waals surface area contributed by atoms with Crippen molar-refractivity contribution in [3.63, 3.8) is 0 Å². The van der Waals surface area contributed by atoms with E-state index in [1.54, 1.807) is 42.5 Å². The second kappa shape index (κ2) is 10.6. The van der Waals surface area contributed by atoms with Crippen molar-refractivity contribution in [3.05, 3.63) is 69.7 Å². The first-order valence-electron chi connectivity index (χ1n) is 9.78. The Labute approximate surface area is 180 Å². The van der Waals surface area contributed by atoms with E-state index >= 15 is 0 Å². The van der Waals surface area contributed by atoms with E-state index in [0.717, 1.165) is 25.7 Å². The van der Waals surface area contributed by atoms with Crippen LogP contribution in [0.4, 0.5) is 0 Å². The lowest BCUT2D eigenvalue weighted by molar-refractivity contribution is -0.129. The molecule has 2 amide bonds. The summed E-state index contributed by atoms with van der Waals surface area (Å²) < 4.78 is 0. The molecule has 1 atom stereocenters. The van der Waals surface area contributed by atoms with Gasteiger partial charge >= 0.3 is 0 Å². The number of amides is 2. The van der Waals surface area contributed by atoms with Gasteiger partial charge in [0.2, 0.25) is 5.91 Å². The summed E-state index contributed by atoms with van der Waals surface area (Å²) in [5.41, 5.74) is 3.45. The number of benzene rings is 2. The zero-order valence-corrected chi connectivity index (χ0v) is 17.5. The van der Waals surface area contributed by atoms with Crippen LogP contribution in [0.3, 0.4) is 0 Å². The average molecular weight is 435 g/mol. The fourth-order valence-electron chi connectivity index (χ4n) is 3.48. The van der Waals surface area contributed by atoms with Gasteiger partial charge < -0.3 is 5.32 Å². The van der Waals surface area contributed by atoms with Gasteiger partial charge in [-0.15, -0.1) is 0 Å². The Hall–Kier alpha value is -2.08. The second-order valence-electron chi connectivity index (χ2n) is 7.24. The van der Waals surface area contributed by atoms with Crippen molar-refractivity contribution < 1.29 is 14.4 Å². The zero-order valence-electron chi connectivity index (χ0n) is 16.0. The van der Waals surface area contributed by atoms with E-state index in [9.17, 15) is 9.59 Å². The SMILES string of the molecule is O=C(CC1CCCCC1)NC(ONC(=O)c1ccccc1)c1ccc(Cl)c(Cl)c1. The number of halogens is 2. The van der Waals surface area contributed by atoms with Crippen molar-refractivity contribution >= 4 is 35.0 Å². The summed E-state index contributed by atoms with van der Waals surface area (Å²) in [7, 11) is 0. The monoisotopic (exact) mass is 434 g/mol. The maximum absolute atomic E-state index is 12.6. The lowest BCUT2D eigenvalue weighted by Gasteiger charge is -2.24. The topological polar surface area (TPSA) is 67.4 Å². The quantitative estimate of drug-likeness (QED) is 0.450. The highest BCUT2D eigenvalue weighted by Crippen LogP contribution is 2.28. The molecule has 0 aliphatic heterocycles. The molecule has 3 rings (SSSR count). The number of hydroxylamine groups is 1. The Bertz CT molecular complexity index is 839. The predicted molar refractivity (Wildman–Crippen MR) is 114 cm³/mol. The lowest BCUT2D eigenvalue weighted by atomic mass is 9.87. The molecule has 1 aliphatic rings. The Balaban J connectivity index is 1.68. The highest BCUT2D eigenvalue weighted by molar-refractivity contribution is 6.42. The van der Waals surface area contributed by atoms with Gasteiger partial charge in [-0.2, -0.15) is 0 Å². The van der Waals surface area contributed by atoms with Crippen LogP contribution in [-0.2, 0) is 9.63 Å². The average Bonchev–Trinajstić information content (AvgIpc) is 2.74. The third-order valence-electron chi connectivity index (χ3n) is 5.04. The van der Waals surface area contributed by atoms with E-state index < -0.39 is 12.1 Å². The fraction of sp³-hybridized carbons (Fsp3) is 0.364. The molecule has 0 heterocycles. The van der Waals surface area contributed by atoms with Crippen molar-refractivity contribution in [2.45, 2.75) is 44.8 Å². The third kappa shape index (κ3) is 6.46. The van der Waals surface area contributed by atoms with Gasteiger partial charge in [0.05, 0.1) is 10.0 Å². The summed E-state index contributed by atoms with van der Waals surface area (Å²) in [6.07, 6.45) is 5.25. The highest BCUT2D eigenvalue weighted by atomic mass is 35.5. The molecule has 0 bridgehead atoms. The molecule has 2 aromatic rings. The first kappa shape index (κ1) is 21.6. The first-order valence-corrected chi connectivity index (χ1v) is 10.5. The Morgan fingerprint density at radius 1 is 1.00 bits per heavy atom. The summed E-state index contributed by atoms with van der Waals surface area (Å²) in [5.74, 6) is -0.142. The van der Waals surface area contributed by atoms with E-state index in [-0.39, 0.29) is 5.91 Å². The molecule has 0 radical (unpaired) electrons. The van der Waals surface area contributed by atoms with Crippen molar-refractivity contribution in [2.75, 3.05) is 0 Å². The van der Waals surface area contributed by atoms with Gasteiger partial charge in [0.25, 0.3) is 5.91 Å². The molecule has 1 aliphatic carbocycles. The molecule has 0 spiro atoms. The van der Waals surface area contributed by atoms with E-state index in [1.807, 2.05) is 6.07 Å². The predicted octanol–water partition coefficient (Wildman–Crippen LogP) is 5.44. The van der Waals surface area contributed by atoms with Crippen LogP contribution in [0.25, 0.3) is 0 Å². The summed E-state index contributed by atoms with van der Waals surface area (Å²) in [5, 5.41) is 3.60. The van der Waals surface area contributed by atoms with Gasteiger partial charge in [-0.1, -0.05) is 66.7 Å². The van der Waals surface area contributed by atoms with Crippen LogP contribution in [0, 0.1) is 5.92 Å². The molecule has 154 valence electrons. The standard InChI is InChI=1S/C22H24Cl2N2O3/c23-18-12-11-17(14-19(18)24)22(25-20(27)13-15-7-3-1-4-8-15)29-26-21(28)16-9-5-2-6-10-16/h2,5-6,9-12,14-15,22H,1,3-4,7-8,13H2,(H,25,27)(H,26,28). The van der Waals surface area contributed by atoms with Crippen LogP contribution in [0.15, 0.2) is 48.5 Å². The molecule has 7 heteroatoms. The smallest absolute Gasteiger partial charge is 0.274 e. The van der Waals surface area contributed by atoms with Crippen molar-refractivity contribution in [2.24, 2.45) is 5.92 Å². The summed E-state index contributed by atoms with van der Waals surface area (Å²) >= 11 is 12.1. The molecule has 1 unspecified atom stereocenters. The van der Waals surface area contributed by atoms with Crippen LogP contribution < -0.4 is 10.8 Å². The summed E-state index contributed by atoms with van der Waals surface area (Å²) in [4.78, 5) is 30.5. The number of rotatable bonds is 7. The van der Waals surface area contributed by atoms with Gasteiger partial charge in [0.15, 0.2) is 6.23 Å². The highest BCUT2D eigenvalue weighted by Gasteiger charge is 2.22. The van der Waals surface area contributed by atoms with Crippen LogP contribution >= 0.6 is 23.2 Å². The zero-order chi connectivity index (χ0) is 20.6. The van der Waals surface area contributed by atoms with E-state index in [2.05, 4.69) is 10.8 Å². The van der Waals surface area contributed by atoms with Gasteiger partial charge in [0.1, 0.15) is 0 Å². The molecule has 1 fully saturated rings. The number of hydrogen-bond donors (Lipinski definition) is 2. The minimum Gasteiger partial charge on any atom is -0.325 e. The van der Waals surface area contributed by atoms with Crippen molar-refractivity contribution in [1.82, 2.24) is 10.8 Å². The maximum atomic E-state index is 12.6. The van der Waals surface area contributed by atoms with Gasteiger partial charge in [-0.25, -0.2) is 10.3 Å². The van der Waals surface area contributed by atoms with Crippen LogP contribution in [0.5, 0.6) is 0 Å². The third-order valence-corrected chi connectivity index (χ3v) is 5.78. The molecular weight excluding hydrogens is 411 g/mol. The molecule has 2 aromatic carbocycles. The molecule has 0 saturated heterocycles. The number of hydrogen-bond acceptors (Lipinski definition) is 3. The lowest BCUT2D eigenvalue weighted by Crippen LogP contribution is -2.37. The van der Waals surface area contributed by atoms with Crippen molar-refractivity contribution in [1.29, 1.82) is 0 Å². The summed E-state index contributed by atoms with van der Waals surface area (Å²) in [6.45, 7) is 0. The number of nitrogens with one attached hydrogen (secondary N) is 2. The largest absolute Gasteiger partial charge is 0.325 e. The normalized spacial score (nSPS) is 15.5. The molecule has 2 N–H and O–H groups in total. The fourth-order valence-corrected chi connectivity index (χ4v) is 3.78. The number of carbonyl (C=O) groups is 2. The maximum Gasteiger partial charge on any atom is 0.274 e. The Morgan fingerprint density at radius 3 is 2.41 bits per heavy atom. The molecule has 29 heavy (non-hydrogen) atoms. The van der Waals surface area contributed by atoms with E-state index in [4.69, 9.17) is 28.0 Å². The molecule has 0 aromatic heterocycles. The van der Waals surface area contributed by atoms with Crippen LogP contribution in [-0.4, -0.2) is 11.8 Å². The molecule has 1 saturated carbocycles. The van der Waals surface area contributed by atoms with Gasteiger partial charge in [-0.3, -0.25) is 9.59 Å². The van der Waals surface area contributed by atoms with E-state index in [0.29, 0.717) is 33.5 Å². The van der Waals surface area contributed by atoms with Crippen LogP contribution in [0.2, 0.25) is 10.0 Å². The summed E-state index contributed by atoms with van der Waals surface area (Å²) in [6, 6.07) is 13.6. The van der Waals surface area contributed by atoms with Gasteiger partial charge in [-0.05, 0) is 43.0 Å². The second-order valence-corrected chi connectivity index (χ2v) is 8.06. The Kier molecular flexibility index (Phi) is 7.92.